The van der Waals surface area contributed by atoms with Crippen molar-refractivity contribution in [3.05, 3.63) is 77.6 Å². The molecule has 1 N–H and O–H groups in total. The molecule has 0 saturated carbocycles. The summed E-state index contributed by atoms with van der Waals surface area (Å²) in [5.74, 6) is 0.334. The number of benzene rings is 2. The summed E-state index contributed by atoms with van der Waals surface area (Å²) in [5.41, 5.74) is 2.72. The van der Waals surface area contributed by atoms with E-state index >= 15 is 0 Å². The Morgan fingerprint density at radius 3 is 2.63 bits per heavy atom. The minimum absolute atomic E-state index is 0.106. The number of thiophene rings is 1. The van der Waals surface area contributed by atoms with Gasteiger partial charge in [-0.15, -0.1) is 11.3 Å². The molecule has 1 aliphatic carbocycles. The quantitative estimate of drug-likeness (QED) is 0.200. The van der Waals surface area contributed by atoms with Gasteiger partial charge in [0.2, 0.25) is 0 Å². The second kappa shape index (κ2) is 12.7. The van der Waals surface area contributed by atoms with Crippen LogP contribution in [0.5, 0.6) is 11.5 Å². The van der Waals surface area contributed by atoms with Crippen LogP contribution in [0, 0.1) is 22.7 Å². The Morgan fingerprint density at radius 1 is 1.16 bits per heavy atom. The van der Waals surface area contributed by atoms with Crippen LogP contribution >= 0.6 is 50.5 Å². The van der Waals surface area contributed by atoms with E-state index in [4.69, 9.17) is 32.7 Å². The highest BCUT2D eigenvalue weighted by Gasteiger charge is 2.23. The topological polar surface area (TPSA) is 95.1 Å². The number of hydrogen-bond donors (Lipinski definition) is 1. The van der Waals surface area contributed by atoms with Gasteiger partial charge in [-0.2, -0.15) is 10.5 Å². The van der Waals surface area contributed by atoms with Crippen LogP contribution in [0.4, 0.5) is 5.00 Å². The average Bonchev–Trinajstić information content (AvgIpc) is 3.25. The van der Waals surface area contributed by atoms with Crippen LogP contribution in [0.25, 0.3) is 6.08 Å². The largest absolute Gasteiger partial charge is 0.490 e. The van der Waals surface area contributed by atoms with Crippen LogP contribution in [-0.2, 0) is 24.2 Å². The molecule has 0 unspecified atom stereocenters. The van der Waals surface area contributed by atoms with Gasteiger partial charge in [-0.3, -0.25) is 4.79 Å². The molecule has 1 amide bonds. The SMILES string of the molecule is CCOc1cc(/C=C(\C#N)C(=O)Nc2sc3c(c2C#N)CCCC3)c(Br)cc1OCc1ccc(Cl)cc1Cl. The summed E-state index contributed by atoms with van der Waals surface area (Å²) < 4.78 is 12.4. The molecule has 3 aromatic rings. The van der Waals surface area contributed by atoms with Crippen LogP contribution in [0.15, 0.2) is 40.4 Å². The molecular formula is C28H22BrCl2N3O3S. The number of carbonyl (C=O) groups excluding carboxylic acids is 1. The standard InChI is InChI=1S/C28H22BrCl2N3O3S/c1-2-36-24-10-17(22(29)12-25(24)37-15-16-7-8-19(30)11-23(16)31)9-18(13-32)27(35)34-28-21(14-33)20-5-3-4-6-26(20)38-28/h7-12H,2-6,15H2,1H3,(H,34,35)/b18-9+. The Bertz CT molecular complexity index is 1500. The van der Waals surface area contributed by atoms with Crippen molar-refractivity contribution < 1.29 is 14.3 Å². The lowest BCUT2D eigenvalue weighted by molar-refractivity contribution is -0.112. The summed E-state index contributed by atoms with van der Waals surface area (Å²) in [7, 11) is 0. The van der Waals surface area contributed by atoms with Crippen molar-refractivity contribution in [3.63, 3.8) is 0 Å². The number of nitrogens with one attached hydrogen (secondary N) is 1. The molecule has 6 nitrogen and oxygen atoms in total. The highest BCUT2D eigenvalue weighted by Crippen LogP contribution is 2.39. The number of amides is 1. The Balaban J connectivity index is 1.58. The van der Waals surface area contributed by atoms with Crippen molar-refractivity contribution in [2.45, 2.75) is 39.2 Å². The van der Waals surface area contributed by atoms with E-state index in [1.165, 1.54) is 17.4 Å². The highest BCUT2D eigenvalue weighted by atomic mass is 79.9. The number of rotatable bonds is 8. The molecule has 38 heavy (non-hydrogen) atoms. The van der Waals surface area contributed by atoms with E-state index in [0.717, 1.165) is 41.7 Å². The van der Waals surface area contributed by atoms with Gasteiger partial charge in [-0.1, -0.05) is 45.2 Å². The summed E-state index contributed by atoms with van der Waals surface area (Å²) in [6, 6.07) is 12.8. The van der Waals surface area contributed by atoms with Crippen molar-refractivity contribution in [1.82, 2.24) is 0 Å². The van der Waals surface area contributed by atoms with Crippen molar-refractivity contribution in [2.75, 3.05) is 11.9 Å². The van der Waals surface area contributed by atoms with E-state index in [2.05, 4.69) is 27.3 Å². The fourth-order valence-electron chi connectivity index (χ4n) is 4.08. The average molecular weight is 631 g/mol. The zero-order chi connectivity index (χ0) is 27.2. The Morgan fingerprint density at radius 2 is 1.92 bits per heavy atom. The van der Waals surface area contributed by atoms with Crippen LogP contribution in [0.2, 0.25) is 10.0 Å². The second-order valence-corrected chi connectivity index (χ2v) is 11.2. The van der Waals surface area contributed by atoms with E-state index in [1.807, 2.05) is 13.0 Å². The van der Waals surface area contributed by atoms with E-state index in [1.54, 1.807) is 30.3 Å². The molecule has 1 heterocycles. The van der Waals surface area contributed by atoms with E-state index in [-0.39, 0.29) is 12.2 Å². The number of hydrogen-bond acceptors (Lipinski definition) is 6. The number of nitrogens with zero attached hydrogens (tertiary/aromatic N) is 2. The minimum Gasteiger partial charge on any atom is -0.490 e. The number of halogens is 3. The van der Waals surface area contributed by atoms with Gasteiger partial charge in [0.15, 0.2) is 11.5 Å². The van der Waals surface area contributed by atoms with Crippen molar-refractivity contribution >= 4 is 67.5 Å². The van der Waals surface area contributed by atoms with Crippen LogP contribution < -0.4 is 14.8 Å². The Labute approximate surface area is 243 Å². The van der Waals surface area contributed by atoms with Crippen molar-refractivity contribution in [1.29, 1.82) is 10.5 Å². The molecule has 0 aliphatic heterocycles. The highest BCUT2D eigenvalue weighted by molar-refractivity contribution is 9.10. The Hall–Kier alpha value is -3.01. The lowest BCUT2D eigenvalue weighted by atomic mass is 9.96. The van der Waals surface area contributed by atoms with Gasteiger partial charge in [0.25, 0.3) is 5.91 Å². The second-order valence-electron chi connectivity index (χ2n) is 8.43. The summed E-state index contributed by atoms with van der Waals surface area (Å²) in [5, 5.41) is 23.7. The first-order valence-electron chi connectivity index (χ1n) is 11.8. The Kier molecular flexibility index (Phi) is 9.35. The summed E-state index contributed by atoms with van der Waals surface area (Å²) in [6.07, 6.45) is 5.30. The fourth-order valence-corrected chi connectivity index (χ4v) is 6.22. The molecule has 0 bridgehead atoms. The molecule has 0 spiro atoms. The molecule has 0 saturated heterocycles. The molecule has 194 valence electrons. The first-order chi connectivity index (χ1) is 18.3. The molecule has 0 radical (unpaired) electrons. The lowest BCUT2D eigenvalue weighted by Gasteiger charge is -2.15. The zero-order valence-corrected chi connectivity index (χ0v) is 24.3. The van der Waals surface area contributed by atoms with E-state index in [0.29, 0.717) is 48.8 Å². The van der Waals surface area contributed by atoms with Gasteiger partial charge in [-0.05, 0) is 74.1 Å². The first-order valence-corrected chi connectivity index (χ1v) is 14.2. The fraction of sp³-hybridized carbons (Fsp3) is 0.250. The van der Waals surface area contributed by atoms with Crippen molar-refractivity contribution in [2.24, 2.45) is 0 Å². The molecule has 2 aromatic carbocycles. The third-order valence-electron chi connectivity index (χ3n) is 5.94. The molecule has 0 atom stereocenters. The molecule has 0 fully saturated rings. The van der Waals surface area contributed by atoms with Crippen LogP contribution in [0.1, 0.15) is 46.9 Å². The molecule has 1 aliphatic rings. The normalized spacial score (nSPS) is 12.7. The summed E-state index contributed by atoms with van der Waals surface area (Å²) in [6.45, 7) is 2.42. The predicted molar refractivity (Wildman–Crippen MR) is 154 cm³/mol. The molecule has 4 rings (SSSR count). The molecule has 1 aromatic heterocycles. The number of aryl methyl sites for hydroxylation is 1. The number of ether oxygens (including phenoxy) is 2. The molecule has 10 heteroatoms. The smallest absolute Gasteiger partial charge is 0.266 e. The van der Waals surface area contributed by atoms with Gasteiger partial charge in [0.05, 0.1) is 12.2 Å². The summed E-state index contributed by atoms with van der Waals surface area (Å²) >= 11 is 17.2. The lowest BCUT2D eigenvalue weighted by Crippen LogP contribution is -2.13. The number of nitriles is 2. The maximum Gasteiger partial charge on any atom is 0.266 e. The third kappa shape index (κ3) is 6.34. The predicted octanol–water partition coefficient (Wildman–Crippen LogP) is 8.09. The monoisotopic (exact) mass is 629 g/mol. The van der Waals surface area contributed by atoms with Crippen LogP contribution in [-0.4, -0.2) is 12.5 Å². The number of anilines is 1. The first kappa shape index (κ1) is 28.0. The third-order valence-corrected chi connectivity index (χ3v) is 8.42. The number of fused-ring (bicyclic) bond motifs is 1. The molecular weight excluding hydrogens is 609 g/mol. The van der Waals surface area contributed by atoms with Crippen LogP contribution in [0.3, 0.4) is 0 Å². The van der Waals surface area contributed by atoms with E-state index < -0.39 is 5.91 Å². The number of carbonyl (C=O) groups is 1. The minimum atomic E-state index is -0.579. The van der Waals surface area contributed by atoms with Gasteiger partial charge < -0.3 is 14.8 Å². The van der Waals surface area contributed by atoms with Crippen molar-refractivity contribution in [3.8, 4) is 23.6 Å². The maximum atomic E-state index is 13.0. The zero-order valence-electron chi connectivity index (χ0n) is 20.4. The van der Waals surface area contributed by atoms with Gasteiger partial charge >= 0.3 is 0 Å². The summed E-state index contributed by atoms with van der Waals surface area (Å²) in [4.78, 5) is 14.2. The maximum absolute atomic E-state index is 13.0. The van der Waals surface area contributed by atoms with Gasteiger partial charge in [0.1, 0.15) is 29.3 Å². The van der Waals surface area contributed by atoms with Gasteiger partial charge in [0, 0.05) is 25.0 Å². The van der Waals surface area contributed by atoms with Gasteiger partial charge in [-0.25, -0.2) is 0 Å². The van der Waals surface area contributed by atoms with E-state index in [9.17, 15) is 15.3 Å².